The van der Waals surface area contributed by atoms with Crippen LogP contribution in [0.5, 0.6) is 0 Å². The van der Waals surface area contributed by atoms with E-state index in [1.807, 2.05) is 11.3 Å². The molecule has 2 aromatic carbocycles. The molecule has 3 rings (SSSR count). The molecule has 0 aliphatic heterocycles. The van der Waals surface area contributed by atoms with Crippen LogP contribution in [-0.4, -0.2) is 0 Å². The second-order valence-electron chi connectivity index (χ2n) is 4.33. The Morgan fingerprint density at radius 1 is 0.722 bits per heavy atom. The molecule has 1 heterocycles. The van der Waals surface area contributed by atoms with Crippen molar-refractivity contribution in [2.75, 3.05) is 0 Å². The fraction of sp³-hybridized carbons (Fsp3) is 0.0588. The Labute approximate surface area is 112 Å². The van der Waals surface area contributed by atoms with Gasteiger partial charge in [0.25, 0.3) is 0 Å². The van der Waals surface area contributed by atoms with Crippen molar-refractivity contribution in [2.24, 2.45) is 0 Å². The van der Waals surface area contributed by atoms with Gasteiger partial charge in [0.1, 0.15) is 0 Å². The summed E-state index contributed by atoms with van der Waals surface area (Å²) in [6.45, 7) is 2.17. The Kier molecular flexibility index (Phi) is 2.99. The first-order chi connectivity index (χ1) is 8.84. The third kappa shape index (κ3) is 2.09. The highest BCUT2D eigenvalue weighted by Crippen LogP contribution is 2.38. The molecule has 1 aromatic heterocycles. The molecule has 0 N–H and O–H groups in total. The number of benzene rings is 2. The van der Waals surface area contributed by atoms with E-state index in [0.29, 0.717) is 0 Å². The summed E-state index contributed by atoms with van der Waals surface area (Å²) in [4.78, 5) is 2.71. The molecule has 0 fully saturated rings. The fourth-order valence-corrected chi connectivity index (χ4v) is 3.19. The summed E-state index contributed by atoms with van der Waals surface area (Å²) in [5.41, 5.74) is 3.93. The van der Waals surface area contributed by atoms with Crippen LogP contribution in [0.1, 0.15) is 4.88 Å². The van der Waals surface area contributed by atoms with Crippen LogP contribution in [-0.2, 0) is 0 Å². The standard InChI is InChI=1S/C17H14S/c1-13-12-16(14-8-4-2-5-9-14)17(18-13)15-10-6-3-7-11-15/h2-12H,1H3. The molecule has 18 heavy (non-hydrogen) atoms. The molecular weight excluding hydrogens is 236 g/mol. The summed E-state index contributed by atoms with van der Waals surface area (Å²) in [6, 6.07) is 23.5. The lowest BCUT2D eigenvalue weighted by atomic mass is 10.0. The van der Waals surface area contributed by atoms with Crippen molar-refractivity contribution < 1.29 is 0 Å². The van der Waals surface area contributed by atoms with Gasteiger partial charge in [0.15, 0.2) is 0 Å². The molecule has 0 atom stereocenters. The van der Waals surface area contributed by atoms with Crippen LogP contribution >= 0.6 is 11.3 Å². The maximum atomic E-state index is 2.28. The molecule has 0 saturated heterocycles. The van der Waals surface area contributed by atoms with Crippen LogP contribution in [0.2, 0.25) is 0 Å². The third-order valence-electron chi connectivity index (χ3n) is 2.98. The summed E-state index contributed by atoms with van der Waals surface area (Å²) in [5, 5.41) is 0. The van der Waals surface area contributed by atoms with Gasteiger partial charge in [-0.15, -0.1) is 11.3 Å². The van der Waals surface area contributed by atoms with Gasteiger partial charge in [-0.1, -0.05) is 60.7 Å². The Morgan fingerprint density at radius 3 is 1.89 bits per heavy atom. The van der Waals surface area contributed by atoms with E-state index < -0.39 is 0 Å². The first-order valence-corrected chi connectivity index (χ1v) is 6.87. The minimum Gasteiger partial charge on any atom is -0.140 e. The molecule has 0 nitrogen and oxygen atoms in total. The lowest BCUT2D eigenvalue weighted by molar-refractivity contribution is 1.61. The van der Waals surface area contributed by atoms with Crippen LogP contribution < -0.4 is 0 Å². The number of hydrogen-bond acceptors (Lipinski definition) is 1. The van der Waals surface area contributed by atoms with Crippen molar-refractivity contribution in [3.05, 3.63) is 71.6 Å². The molecule has 88 valence electrons. The van der Waals surface area contributed by atoms with Crippen molar-refractivity contribution in [1.82, 2.24) is 0 Å². The molecular formula is C17H14S. The summed E-state index contributed by atoms with van der Waals surface area (Å²) < 4.78 is 0. The Balaban J connectivity index is 2.17. The predicted molar refractivity (Wildman–Crippen MR) is 79.9 cm³/mol. The van der Waals surface area contributed by atoms with Gasteiger partial charge in [0.05, 0.1) is 0 Å². The van der Waals surface area contributed by atoms with Gasteiger partial charge in [0, 0.05) is 15.3 Å². The maximum absolute atomic E-state index is 2.28. The number of aryl methyl sites for hydroxylation is 1. The average molecular weight is 250 g/mol. The van der Waals surface area contributed by atoms with E-state index in [-0.39, 0.29) is 0 Å². The number of thiophene rings is 1. The highest BCUT2D eigenvalue weighted by molar-refractivity contribution is 7.16. The topological polar surface area (TPSA) is 0 Å². The van der Waals surface area contributed by atoms with E-state index in [4.69, 9.17) is 0 Å². The minimum absolute atomic E-state index is 1.29. The van der Waals surface area contributed by atoms with Crippen LogP contribution in [0.25, 0.3) is 21.6 Å². The SMILES string of the molecule is Cc1cc(-c2ccccc2)c(-c2ccccc2)s1. The molecule has 3 aromatic rings. The summed E-state index contributed by atoms with van der Waals surface area (Å²) in [5.74, 6) is 0. The molecule has 0 unspecified atom stereocenters. The highest BCUT2D eigenvalue weighted by Gasteiger charge is 2.10. The number of rotatable bonds is 2. The van der Waals surface area contributed by atoms with Crippen molar-refractivity contribution in [2.45, 2.75) is 6.92 Å². The van der Waals surface area contributed by atoms with E-state index in [1.54, 1.807) is 0 Å². The van der Waals surface area contributed by atoms with Crippen LogP contribution in [0.3, 0.4) is 0 Å². The predicted octanol–water partition coefficient (Wildman–Crippen LogP) is 5.39. The van der Waals surface area contributed by atoms with Crippen LogP contribution in [0.15, 0.2) is 66.7 Å². The van der Waals surface area contributed by atoms with Gasteiger partial charge < -0.3 is 0 Å². The lowest BCUT2D eigenvalue weighted by Crippen LogP contribution is -1.77. The lowest BCUT2D eigenvalue weighted by Gasteiger charge is -2.03. The smallest absolute Gasteiger partial charge is 0.0423 e. The van der Waals surface area contributed by atoms with Gasteiger partial charge in [-0.3, -0.25) is 0 Å². The van der Waals surface area contributed by atoms with Crippen LogP contribution in [0, 0.1) is 6.92 Å². The van der Waals surface area contributed by atoms with Gasteiger partial charge in [-0.2, -0.15) is 0 Å². The summed E-state index contributed by atoms with van der Waals surface area (Å²) >= 11 is 1.86. The van der Waals surface area contributed by atoms with Crippen molar-refractivity contribution in [1.29, 1.82) is 0 Å². The molecule has 0 saturated carbocycles. The van der Waals surface area contributed by atoms with E-state index in [1.165, 1.54) is 26.4 Å². The van der Waals surface area contributed by atoms with E-state index in [0.717, 1.165) is 0 Å². The molecule has 0 aliphatic rings. The minimum atomic E-state index is 1.29. The second kappa shape index (κ2) is 4.79. The number of hydrogen-bond donors (Lipinski definition) is 0. The molecule has 1 heteroatoms. The zero-order valence-corrected chi connectivity index (χ0v) is 11.1. The van der Waals surface area contributed by atoms with Crippen LogP contribution in [0.4, 0.5) is 0 Å². The zero-order valence-electron chi connectivity index (χ0n) is 10.3. The quantitative estimate of drug-likeness (QED) is 0.572. The maximum Gasteiger partial charge on any atom is 0.0423 e. The van der Waals surface area contributed by atoms with Gasteiger partial charge in [-0.25, -0.2) is 0 Å². The Morgan fingerprint density at radius 2 is 1.28 bits per heavy atom. The zero-order chi connectivity index (χ0) is 12.4. The molecule has 0 bridgehead atoms. The molecule has 0 aliphatic carbocycles. The molecule has 0 spiro atoms. The van der Waals surface area contributed by atoms with E-state index >= 15 is 0 Å². The summed E-state index contributed by atoms with van der Waals surface area (Å²) in [6.07, 6.45) is 0. The van der Waals surface area contributed by atoms with Crippen molar-refractivity contribution >= 4 is 11.3 Å². The summed E-state index contributed by atoms with van der Waals surface area (Å²) in [7, 11) is 0. The molecule has 0 amide bonds. The van der Waals surface area contributed by atoms with Crippen molar-refractivity contribution in [3.63, 3.8) is 0 Å². The van der Waals surface area contributed by atoms with Gasteiger partial charge in [-0.05, 0) is 24.1 Å². The molecule has 0 radical (unpaired) electrons. The largest absolute Gasteiger partial charge is 0.140 e. The van der Waals surface area contributed by atoms with E-state index in [9.17, 15) is 0 Å². The van der Waals surface area contributed by atoms with Gasteiger partial charge in [0.2, 0.25) is 0 Å². The first kappa shape index (κ1) is 11.2. The average Bonchev–Trinajstić information content (AvgIpc) is 2.83. The normalized spacial score (nSPS) is 10.5. The first-order valence-electron chi connectivity index (χ1n) is 6.06. The highest BCUT2D eigenvalue weighted by atomic mass is 32.1. The Hall–Kier alpha value is -1.86. The fourth-order valence-electron chi connectivity index (χ4n) is 2.15. The second-order valence-corrected chi connectivity index (χ2v) is 5.59. The van der Waals surface area contributed by atoms with E-state index in [2.05, 4.69) is 73.7 Å². The monoisotopic (exact) mass is 250 g/mol. The Bertz CT molecular complexity index is 579. The van der Waals surface area contributed by atoms with Gasteiger partial charge >= 0.3 is 0 Å². The third-order valence-corrected chi connectivity index (χ3v) is 4.08. The van der Waals surface area contributed by atoms with Crippen molar-refractivity contribution in [3.8, 4) is 21.6 Å².